The molecular weight excluding hydrogens is 340 g/mol. The molecule has 1 saturated carbocycles. The van der Waals surface area contributed by atoms with Gasteiger partial charge in [-0.2, -0.15) is 5.10 Å². The fourth-order valence-corrected chi connectivity index (χ4v) is 3.62. The highest BCUT2D eigenvalue weighted by Gasteiger charge is 2.31. The summed E-state index contributed by atoms with van der Waals surface area (Å²) in [6.07, 6.45) is 2.30. The zero-order valence-corrected chi connectivity index (χ0v) is 13.6. The van der Waals surface area contributed by atoms with Crippen LogP contribution in [-0.4, -0.2) is 21.1 Å². The number of H-pyrrole nitrogens is 1. The van der Waals surface area contributed by atoms with Crippen LogP contribution in [0.3, 0.4) is 0 Å². The molecule has 1 amide bonds. The summed E-state index contributed by atoms with van der Waals surface area (Å²) in [5.74, 6) is 1.22. The molecule has 0 atom stereocenters. The van der Waals surface area contributed by atoms with Crippen molar-refractivity contribution in [3.8, 4) is 0 Å². The van der Waals surface area contributed by atoms with Crippen molar-refractivity contribution in [3.63, 3.8) is 0 Å². The molecule has 3 rings (SSSR count). The van der Waals surface area contributed by atoms with E-state index in [1.54, 1.807) is 11.3 Å². The number of aromatic nitrogens is 3. The number of thiazole rings is 1. The molecule has 20 heavy (non-hydrogen) atoms. The summed E-state index contributed by atoms with van der Waals surface area (Å²) in [7, 11) is 0. The van der Waals surface area contributed by atoms with Crippen molar-refractivity contribution in [1.29, 1.82) is 0 Å². The summed E-state index contributed by atoms with van der Waals surface area (Å²) in [4.78, 5) is 17.7. The van der Waals surface area contributed by atoms with E-state index in [9.17, 15) is 4.79 Å². The molecule has 1 fully saturated rings. The first-order valence-corrected chi connectivity index (χ1v) is 8.18. The zero-order valence-electron chi connectivity index (χ0n) is 11.2. The van der Waals surface area contributed by atoms with Gasteiger partial charge in [0.15, 0.2) is 9.73 Å². The van der Waals surface area contributed by atoms with E-state index in [0.29, 0.717) is 23.3 Å². The number of hydrogen-bond acceptors (Lipinski definition) is 4. The molecule has 0 aromatic carbocycles. The number of rotatable bonds is 4. The van der Waals surface area contributed by atoms with Gasteiger partial charge in [-0.25, -0.2) is 4.98 Å². The Balaban J connectivity index is 1.78. The van der Waals surface area contributed by atoms with Gasteiger partial charge in [-0.1, -0.05) is 13.8 Å². The molecule has 106 valence electrons. The van der Waals surface area contributed by atoms with Crippen LogP contribution in [0.25, 0.3) is 0 Å². The molecule has 0 unspecified atom stereocenters. The van der Waals surface area contributed by atoms with Crippen molar-refractivity contribution in [2.24, 2.45) is 0 Å². The van der Waals surface area contributed by atoms with Crippen LogP contribution in [0.5, 0.6) is 0 Å². The number of hydrogen-bond donors (Lipinski definition) is 2. The molecule has 0 aliphatic heterocycles. The molecule has 1 aliphatic carbocycles. The number of carbonyl (C=O) groups is 1. The first-order chi connectivity index (χ1) is 9.54. The van der Waals surface area contributed by atoms with Crippen LogP contribution < -0.4 is 5.32 Å². The average Bonchev–Trinajstić information content (AvgIpc) is 3.00. The largest absolute Gasteiger partial charge is 0.304 e. The van der Waals surface area contributed by atoms with Crippen LogP contribution in [0.4, 0.5) is 5.82 Å². The van der Waals surface area contributed by atoms with E-state index in [2.05, 4.69) is 50.3 Å². The minimum Gasteiger partial charge on any atom is -0.304 e. The van der Waals surface area contributed by atoms with Gasteiger partial charge >= 0.3 is 0 Å². The summed E-state index contributed by atoms with van der Waals surface area (Å²) in [5.41, 5.74) is 1.53. The molecule has 0 spiro atoms. The summed E-state index contributed by atoms with van der Waals surface area (Å²) >= 11 is 4.91. The molecule has 2 N–H and O–H groups in total. The van der Waals surface area contributed by atoms with E-state index < -0.39 is 0 Å². The lowest BCUT2D eigenvalue weighted by Crippen LogP contribution is -2.14. The molecule has 7 heteroatoms. The number of halogens is 1. The van der Waals surface area contributed by atoms with Crippen LogP contribution in [0.15, 0.2) is 9.98 Å². The SMILES string of the molecule is CC(C)c1cc(NC(=O)c2nc(Br)sc2C2CC2)n[nH]1. The Hall–Kier alpha value is -1.21. The second kappa shape index (κ2) is 5.29. The molecular formula is C13H15BrN4OS. The van der Waals surface area contributed by atoms with Gasteiger partial charge in [0.2, 0.25) is 0 Å². The topological polar surface area (TPSA) is 70.7 Å². The Bertz CT molecular complexity index is 645. The normalized spacial score (nSPS) is 14.8. The molecule has 2 heterocycles. The Labute approximate surface area is 129 Å². The van der Waals surface area contributed by atoms with E-state index in [-0.39, 0.29) is 5.91 Å². The van der Waals surface area contributed by atoms with Gasteiger partial charge in [0.25, 0.3) is 5.91 Å². The first-order valence-electron chi connectivity index (χ1n) is 6.57. The lowest BCUT2D eigenvalue weighted by Gasteiger charge is -2.01. The lowest BCUT2D eigenvalue weighted by atomic mass is 10.1. The highest BCUT2D eigenvalue weighted by Crippen LogP contribution is 2.45. The molecule has 1 aliphatic rings. The maximum Gasteiger partial charge on any atom is 0.276 e. The van der Waals surface area contributed by atoms with Crippen molar-refractivity contribution >= 4 is 39.0 Å². The monoisotopic (exact) mass is 354 g/mol. The van der Waals surface area contributed by atoms with Gasteiger partial charge in [0.1, 0.15) is 5.69 Å². The maximum atomic E-state index is 12.3. The quantitative estimate of drug-likeness (QED) is 0.874. The number of nitrogens with zero attached hydrogens (tertiary/aromatic N) is 2. The van der Waals surface area contributed by atoms with E-state index >= 15 is 0 Å². The predicted octanol–water partition coefficient (Wildman–Crippen LogP) is 3.88. The van der Waals surface area contributed by atoms with E-state index in [4.69, 9.17) is 0 Å². The first kappa shape index (κ1) is 13.8. The Morgan fingerprint density at radius 3 is 2.90 bits per heavy atom. The van der Waals surface area contributed by atoms with Crippen LogP contribution in [0.1, 0.15) is 59.6 Å². The molecule has 2 aromatic heterocycles. The van der Waals surface area contributed by atoms with Crippen molar-refractivity contribution < 1.29 is 4.79 Å². The Morgan fingerprint density at radius 1 is 1.55 bits per heavy atom. The molecule has 0 radical (unpaired) electrons. The smallest absolute Gasteiger partial charge is 0.276 e. The van der Waals surface area contributed by atoms with Crippen molar-refractivity contribution in [3.05, 3.63) is 26.2 Å². The van der Waals surface area contributed by atoms with Crippen LogP contribution in [-0.2, 0) is 0 Å². The number of amides is 1. The predicted molar refractivity (Wildman–Crippen MR) is 82.4 cm³/mol. The summed E-state index contributed by atoms with van der Waals surface area (Å²) in [6, 6.07) is 1.86. The summed E-state index contributed by atoms with van der Waals surface area (Å²) < 4.78 is 0.759. The standard InChI is InChI=1S/C13H15BrN4OS/c1-6(2)8-5-9(18-17-8)15-12(19)10-11(7-3-4-7)20-13(14)16-10/h5-7H,3-4H2,1-2H3,(H2,15,17,18,19). The fourth-order valence-electron chi connectivity index (χ4n) is 1.96. The van der Waals surface area contributed by atoms with Crippen molar-refractivity contribution in [1.82, 2.24) is 15.2 Å². The number of anilines is 1. The van der Waals surface area contributed by atoms with E-state index in [1.165, 1.54) is 0 Å². The number of carbonyl (C=O) groups excluding carboxylic acids is 1. The van der Waals surface area contributed by atoms with Gasteiger partial charge in [0.05, 0.1) is 0 Å². The second-order valence-electron chi connectivity index (χ2n) is 5.27. The van der Waals surface area contributed by atoms with E-state index in [0.717, 1.165) is 27.3 Å². The average molecular weight is 355 g/mol. The number of nitrogens with one attached hydrogen (secondary N) is 2. The molecule has 0 saturated heterocycles. The Kier molecular flexibility index (Phi) is 3.64. The molecule has 2 aromatic rings. The van der Waals surface area contributed by atoms with Crippen LogP contribution >= 0.6 is 27.3 Å². The van der Waals surface area contributed by atoms with Crippen molar-refractivity contribution in [2.75, 3.05) is 5.32 Å². The Morgan fingerprint density at radius 2 is 2.30 bits per heavy atom. The third-order valence-electron chi connectivity index (χ3n) is 3.25. The van der Waals surface area contributed by atoms with E-state index in [1.807, 2.05) is 6.07 Å². The van der Waals surface area contributed by atoms with Gasteiger partial charge in [-0.15, -0.1) is 11.3 Å². The minimum absolute atomic E-state index is 0.185. The highest BCUT2D eigenvalue weighted by molar-refractivity contribution is 9.11. The van der Waals surface area contributed by atoms with Crippen LogP contribution in [0.2, 0.25) is 0 Å². The highest BCUT2D eigenvalue weighted by atomic mass is 79.9. The molecule has 5 nitrogen and oxygen atoms in total. The second-order valence-corrected chi connectivity index (χ2v) is 7.58. The zero-order chi connectivity index (χ0) is 14.3. The summed E-state index contributed by atoms with van der Waals surface area (Å²) in [5, 5.41) is 9.84. The lowest BCUT2D eigenvalue weighted by molar-refractivity contribution is 0.102. The van der Waals surface area contributed by atoms with Gasteiger partial charge in [0, 0.05) is 16.6 Å². The maximum absolute atomic E-state index is 12.3. The molecule has 0 bridgehead atoms. The van der Waals surface area contributed by atoms with Gasteiger partial charge in [-0.05, 0) is 40.6 Å². The fraction of sp³-hybridized carbons (Fsp3) is 0.462. The third-order valence-corrected chi connectivity index (χ3v) is 4.92. The van der Waals surface area contributed by atoms with Crippen LogP contribution in [0, 0.1) is 0 Å². The summed E-state index contributed by atoms with van der Waals surface area (Å²) in [6.45, 7) is 4.14. The third kappa shape index (κ3) is 2.78. The van der Waals surface area contributed by atoms with Gasteiger partial charge in [-0.3, -0.25) is 9.89 Å². The van der Waals surface area contributed by atoms with Gasteiger partial charge < -0.3 is 5.32 Å². The van der Waals surface area contributed by atoms with Crippen molar-refractivity contribution in [2.45, 2.75) is 38.5 Å². The number of aromatic amines is 1. The minimum atomic E-state index is -0.185.